The summed E-state index contributed by atoms with van der Waals surface area (Å²) in [4.78, 5) is 30.4. The van der Waals surface area contributed by atoms with E-state index in [-0.39, 0.29) is 47.9 Å². The number of aliphatic hydroxyl groups excluding tert-OH is 1. The van der Waals surface area contributed by atoms with Crippen molar-refractivity contribution in [1.29, 1.82) is 0 Å². The number of carbonyl (C=O) groups is 2. The van der Waals surface area contributed by atoms with Crippen LogP contribution in [0, 0.1) is 11.7 Å². The van der Waals surface area contributed by atoms with Gasteiger partial charge in [0.15, 0.2) is 0 Å². The van der Waals surface area contributed by atoms with Crippen molar-refractivity contribution in [2.24, 2.45) is 5.92 Å². The molecule has 0 bridgehead atoms. The number of methoxy groups -OCH3 is 1. The topological polar surface area (TPSA) is 147 Å². The molecule has 0 radical (unpaired) electrons. The van der Waals surface area contributed by atoms with Gasteiger partial charge in [0.2, 0.25) is 0 Å². The number of sulfonamides is 1. The van der Waals surface area contributed by atoms with Gasteiger partial charge < -0.3 is 34.4 Å². The van der Waals surface area contributed by atoms with Crippen molar-refractivity contribution in [2.45, 2.75) is 63.2 Å². The molecule has 12 nitrogen and oxygen atoms in total. The Morgan fingerprint density at radius 3 is 2.42 bits per heavy atom. The quantitative estimate of drug-likeness (QED) is 0.260. The van der Waals surface area contributed by atoms with Crippen LogP contribution in [0.4, 0.5) is 20.6 Å². The highest BCUT2D eigenvalue weighted by atomic mass is 32.2. The summed E-state index contributed by atoms with van der Waals surface area (Å²) in [6.45, 7) is 5.95. The van der Waals surface area contributed by atoms with E-state index in [0.717, 1.165) is 12.8 Å². The first kappa shape index (κ1) is 38.4. The van der Waals surface area contributed by atoms with E-state index in [4.69, 9.17) is 14.2 Å². The van der Waals surface area contributed by atoms with Crippen molar-refractivity contribution in [3.8, 4) is 11.5 Å². The molecule has 14 heteroatoms. The Morgan fingerprint density at radius 2 is 1.76 bits per heavy atom. The third kappa shape index (κ3) is 10.3. The Kier molecular flexibility index (Phi) is 13.4. The van der Waals surface area contributed by atoms with Crippen molar-refractivity contribution >= 4 is 33.3 Å². The lowest BCUT2D eigenvalue weighted by atomic mass is 10.0. The first-order valence-electron chi connectivity index (χ1n) is 16.6. The number of halogens is 1. The number of urea groups is 1. The van der Waals surface area contributed by atoms with E-state index in [1.54, 1.807) is 38.2 Å². The molecule has 4 atom stereocenters. The molecule has 1 aliphatic rings. The van der Waals surface area contributed by atoms with Gasteiger partial charge in [-0.15, -0.1) is 0 Å². The maximum atomic E-state index is 14.4. The molecule has 1 heterocycles. The fraction of sp³-hybridized carbons (Fsp3) is 0.444. The van der Waals surface area contributed by atoms with E-state index in [2.05, 4.69) is 10.0 Å². The number of carbonyl (C=O) groups excluding carboxylic acids is 2. The molecule has 0 aliphatic carbocycles. The molecule has 1 aliphatic heterocycles. The fourth-order valence-corrected chi connectivity index (χ4v) is 6.57. The molecule has 0 fully saturated rings. The van der Waals surface area contributed by atoms with Crippen molar-refractivity contribution < 1.29 is 41.7 Å². The average Bonchev–Trinajstić information content (AvgIpc) is 3.10. The van der Waals surface area contributed by atoms with Crippen molar-refractivity contribution in [3.05, 3.63) is 78.1 Å². The first-order chi connectivity index (χ1) is 23.8. The molecule has 0 saturated heterocycles. The van der Waals surface area contributed by atoms with E-state index >= 15 is 0 Å². The monoisotopic (exact) mass is 714 g/mol. The Hall–Kier alpha value is -4.40. The van der Waals surface area contributed by atoms with Gasteiger partial charge in [-0.2, -0.15) is 0 Å². The summed E-state index contributed by atoms with van der Waals surface area (Å²) in [7, 11) is -0.900. The van der Waals surface area contributed by atoms with Crippen LogP contribution in [0.5, 0.6) is 11.5 Å². The fourth-order valence-electron chi connectivity index (χ4n) is 5.52. The maximum Gasteiger partial charge on any atom is 0.321 e. The zero-order chi connectivity index (χ0) is 36.4. The molecule has 272 valence electrons. The van der Waals surface area contributed by atoms with Crippen LogP contribution in [0.15, 0.2) is 71.6 Å². The normalized spacial score (nSPS) is 19.7. The summed E-state index contributed by atoms with van der Waals surface area (Å²) in [5.74, 6) is -0.391. The lowest BCUT2D eigenvalue weighted by Gasteiger charge is -2.35. The minimum Gasteiger partial charge on any atom is -0.497 e. The van der Waals surface area contributed by atoms with Crippen LogP contribution in [0.1, 0.15) is 50.4 Å². The highest BCUT2D eigenvalue weighted by Gasteiger charge is 2.31. The van der Waals surface area contributed by atoms with Crippen LogP contribution in [0.2, 0.25) is 0 Å². The van der Waals surface area contributed by atoms with E-state index < -0.39 is 39.9 Å². The summed E-state index contributed by atoms with van der Waals surface area (Å²) in [5.41, 5.74) is 0.729. The summed E-state index contributed by atoms with van der Waals surface area (Å²) in [6, 6.07) is 14.9. The zero-order valence-electron chi connectivity index (χ0n) is 29.1. The average molecular weight is 715 g/mol. The molecule has 0 unspecified atom stereocenters. The number of likely N-dealkylation sites (N-methyl/N-ethyl adjacent to an activating group) is 1. The van der Waals surface area contributed by atoms with E-state index in [9.17, 15) is 27.5 Å². The predicted octanol–water partition coefficient (Wildman–Crippen LogP) is 5.59. The van der Waals surface area contributed by atoms with Gasteiger partial charge in [0.25, 0.3) is 15.9 Å². The second-order valence-electron chi connectivity index (χ2n) is 12.6. The Bertz CT molecular complexity index is 1690. The van der Waals surface area contributed by atoms with E-state index in [1.165, 1.54) is 59.4 Å². The number of rotatable bonds is 9. The second kappa shape index (κ2) is 17.5. The number of anilines is 2. The Balaban J connectivity index is 1.62. The number of aliphatic hydroxyl groups is 1. The Labute approximate surface area is 293 Å². The molecule has 0 spiro atoms. The summed E-state index contributed by atoms with van der Waals surface area (Å²) in [5, 5.41) is 13.0. The lowest BCUT2D eigenvalue weighted by molar-refractivity contribution is -0.0115. The molecule has 3 aromatic carbocycles. The van der Waals surface area contributed by atoms with Gasteiger partial charge in [0, 0.05) is 44.0 Å². The molecule has 3 N–H and O–H groups in total. The van der Waals surface area contributed by atoms with Crippen molar-refractivity contribution in [3.63, 3.8) is 0 Å². The van der Waals surface area contributed by atoms with Gasteiger partial charge in [-0.25, -0.2) is 17.6 Å². The molecular formula is C36H47FN4O8S. The number of nitrogens with zero attached hydrogens (tertiary/aromatic N) is 2. The van der Waals surface area contributed by atoms with E-state index in [0.29, 0.717) is 30.2 Å². The van der Waals surface area contributed by atoms with Crippen LogP contribution < -0.4 is 19.5 Å². The number of hydrogen-bond acceptors (Lipinski definition) is 8. The van der Waals surface area contributed by atoms with Crippen LogP contribution in [0.3, 0.4) is 0 Å². The maximum absolute atomic E-state index is 14.4. The largest absolute Gasteiger partial charge is 0.497 e. The molecule has 0 saturated carbocycles. The number of benzene rings is 3. The molecule has 3 aromatic rings. The van der Waals surface area contributed by atoms with Crippen LogP contribution in [0.25, 0.3) is 0 Å². The zero-order valence-corrected chi connectivity index (χ0v) is 29.9. The number of hydrogen-bond donors (Lipinski definition) is 3. The van der Waals surface area contributed by atoms with Crippen LogP contribution in [-0.4, -0.2) is 94.0 Å². The highest BCUT2D eigenvalue weighted by molar-refractivity contribution is 7.92. The predicted molar refractivity (Wildman–Crippen MR) is 189 cm³/mol. The highest BCUT2D eigenvalue weighted by Crippen LogP contribution is 2.30. The van der Waals surface area contributed by atoms with Gasteiger partial charge in [0.05, 0.1) is 42.4 Å². The van der Waals surface area contributed by atoms with Gasteiger partial charge in [-0.1, -0.05) is 6.92 Å². The smallest absolute Gasteiger partial charge is 0.321 e. The van der Waals surface area contributed by atoms with E-state index in [1.807, 2.05) is 13.8 Å². The number of ether oxygens (including phenoxy) is 3. The standard InChI is InChI=1S/C36H47FN4O8S/c1-24-21-41(25(2)23-42)35(43)32-20-29(39-50(45,46)31-16-14-30(47-5)15-17-31)13-18-33(32)49-26(3)8-6-7-19-48-34(24)22-40(4)36(44)38-28-11-9-27(37)10-12-28/h9-18,20,24-26,34,39,42H,6-8,19,21-23H2,1-5H3,(H,38,44)/t24-,25-,26-,34+/m0/s1. The minimum atomic E-state index is -4.01. The third-order valence-corrected chi connectivity index (χ3v) is 9.97. The SMILES string of the molecule is COc1ccc(S(=O)(=O)Nc2ccc3c(c2)C(=O)N([C@@H](C)CO)C[C@H](C)[C@@H](CN(C)C(=O)Nc2ccc(F)cc2)OCCCC[C@H](C)O3)cc1. The van der Waals surface area contributed by atoms with Gasteiger partial charge >= 0.3 is 6.03 Å². The molecule has 4 rings (SSSR count). The molecule has 50 heavy (non-hydrogen) atoms. The number of fused-ring (bicyclic) bond motifs is 1. The second-order valence-corrected chi connectivity index (χ2v) is 14.3. The summed E-state index contributed by atoms with van der Waals surface area (Å²) >= 11 is 0. The van der Waals surface area contributed by atoms with Gasteiger partial charge in [-0.3, -0.25) is 9.52 Å². The third-order valence-electron chi connectivity index (χ3n) is 8.57. The summed E-state index contributed by atoms with van der Waals surface area (Å²) in [6.07, 6.45) is 1.42. The number of nitrogens with one attached hydrogen (secondary N) is 2. The minimum absolute atomic E-state index is 0.0151. The molecule has 3 amide bonds. The summed E-state index contributed by atoms with van der Waals surface area (Å²) < 4.78 is 60.1. The van der Waals surface area contributed by atoms with Crippen molar-refractivity contribution in [2.75, 3.05) is 50.5 Å². The first-order valence-corrected chi connectivity index (χ1v) is 18.1. The van der Waals surface area contributed by atoms with Crippen LogP contribution >= 0.6 is 0 Å². The lowest BCUT2D eigenvalue weighted by Crippen LogP contribution is -2.48. The van der Waals surface area contributed by atoms with Gasteiger partial charge in [-0.05, 0) is 99.8 Å². The van der Waals surface area contributed by atoms with Gasteiger partial charge in [0.1, 0.15) is 17.3 Å². The Morgan fingerprint density at radius 1 is 1.08 bits per heavy atom. The van der Waals surface area contributed by atoms with Crippen LogP contribution in [-0.2, 0) is 14.8 Å². The molecular weight excluding hydrogens is 667 g/mol. The number of amides is 3. The molecule has 0 aromatic heterocycles. The van der Waals surface area contributed by atoms with Crippen molar-refractivity contribution in [1.82, 2.24) is 9.80 Å².